The molecule has 31 heavy (non-hydrogen) atoms. The van der Waals surface area contributed by atoms with Gasteiger partial charge >= 0.3 is 0 Å². The summed E-state index contributed by atoms with van der Waals surface area (Å²) in [7, 11) is 3.55. The second-order valence-corrected chi connectivity index (χ2v) is 8.12. The topological polar surface area (TPSA) is 69.9 Å². The zero-order valence-corrected chi connectivity index (χ0v) is 20.9. The van der Waals surface area contributed by atoms with Crippen molar-refractivity contribution >= 4 is 35.8 Å². The third kappa shape index (κ3) is 8.55. The van der Waals surface area contributed by atoms with Crippen molar-refractivity contribution in [2.45, 2.75) is 51.0 Å². The summed E-state index contributed by atoms with van der Waals surface area (Å²) in [6.45, 7) is 1.45. The molecule has 7 heteroatoms. The zero-order valence-electron chi connectivity index (χ0n) is 18.6. The Morgan fingerprint density at radius 3 is 2.65 bits per heavy atom. The number of benzene rings is 1. The maximum Gasteiger partial charge on any atom is 0.253 e. The number of nitrogens with zero attached hydrogens (tertiary/aromatic N) is 2. The van der Waals surface area contributed by atoms with Crippen LogP contribution in [0.1, 0.15) is 53.8 Å². The minimum atomic E-state index is 0. The van der Waals surface area contributed by atoms with Crippen LogP contribution in [-0.4, -0.2) is 50.0 Å². The number of carbonyl (C=O) groups is 1. The summed E-state index contributed by atoms with van der Waals surface area (Å²) < 4.78 is 5.41. The predicted molar refractivity (Wildman–Crippen MR) is 136 cm³/mol. The van der Waals surface area contributed by atoms with Crippen LogP contribution in [0.15, 0.2) is 52.1 Å². The van der Waals surface area contributed by atoms with Gasteiger partial charge in [0, 0.05) is 45.2 Å². The minimum absolute atomic E-state index is 0. The van der Waals surface area contributed by atoms with E-state index in [0.29, 0.717) is 12.6 Å². The summed E-state index contributed by atoms with van der Waals surface area (Å²) in [6.07, 6.45) is 9.62. The lowest BCUT2D eigenvalue weighted by molar-refractivity contribution is 0.0827. The van der Waals surface area contributed by atoms with E-state index in [0.717, 1.165) is 42.2 Å². The number of halogens is 1. The number of amides is 1. The van der Waals surface area contributed by atoms with Crippen molar-refractivity contribution in [2.24, 2.45) is 4.99 Å². The molecular weight excluding hydrogens is 503 g/mol. The van der Waals surface area contributed by atoms with Gasteiger partial charge in [0.15, 0.2) is 5.96 Å². The third-order valence-corrected chi connectivity index (χ3v) is 5.44. The Bertz CT molecular complexity index is 815. The van der Waals surface area contributed by atoms with Crippen LogP contribution < -0.4 is 10.6 Å². The molecule has 170 valence electrons. The lowest BCUT2D eigenvalue weighted by atomic mass is 9.96. The molecule has 1 aliphatic carbocycles. The Morgan fingerprint density at radius 1 is 1.13 bits per heavy atom. The molecule has 1 aliphatic rings. The average Bonchev–Trinajstić information content (AvgIpc) is 3.27. The lowest BCUT2D eigenvalue weighted by Gasteiger charge is -2.25. The molecule has 1 aromatic heterocycles. The van der Waals surface area contributed by atoms with Gasteiger partial charge in [0.1, 0.15) is 5.76 Å². The normalized spacial score (nSPS) is 14.6. The first-order valence-corrected chi connectivity index (χ1v) is 11.0. The average molecular weight is 538 g/mol. The van der Waals surface area contributed by atoms with Crippen LogP contribution in [0.2, 0.25) is 0 Å². The van der Waals surface area contributed by atoms with E-state index < -0.39 is 0 Å². The van der Waals surface area contributed by atoms with E-state index in [2.05, 4.69) is 16.7 Å². The number of aliphatic imine (C=N–C) groups is 1. The highest BCUT2D eigenvalue weighted by molar-refractivity contribution is 14.0. The van der Waals surface area contributed by atoms with Gasteiger partial charge in [0.25, 0.3) is 5.91 Å². The standard InChI is InChI=1S/C24H34N4O2.HI/c1-28(2)23(29)20-9-6-8-19(18-20)13-15-25-24(27-21-10-4-3-5-11-21)26-16-14-22-12-7-17-30-22;/h6-9,12,17-18,21H,3-5,10-11,13-16H2,1-2H3,(H2,25,26,27);1H. The molecule has 2 aromatic rings. The predicted octanol–water partition coefficient (Wildman–Crippen LogP) is 4.25. The summed E-state index contributed by atoms with van der Waals surface area (Å²) in [4.78, 5) is 18.6. The number of nitrogens with one attached hydrogen (secondary N) is 2. The smallest absolute Gasteiger partial charge is 0.253 e. The Morgan fingerprint density at radius 2 is 1.94 bits per heavy atom. The monoisotopic (exact) mass is 538 g/mol. The van der Waals surface area contributed by atoms with Crippen molar-refractivity contribution < 1.29 is 9.21 Å². The fourth-order valence-corrected chi connectivity index (χ4v) is 3.77. The molecule has 1 fully saturated rings. The van der Waals surface area contributed by atoms with Crippen molar-refractivity contribution in [1.29, 1.82) is 0 Å². The second kappa shape index (κ2) is 13.4. The molecule has 0 spiro atoms. The zero-order chi connectivity index (χ0) is 21.2. The second-order valence-electron chi connectivity index (χ2n) is 8.12. The number of rotatable bonds is 8. The molecule has 0 unspecified atom stereocenters. The van der Waals surface area contributed by atoms with Gasteiger partial charge in [-0.1, -0.05) is 31.4 Å². The van der Waals surface area contributed by atoms with Crippen LogP contribution in [0.3, 0.4) is 0 Å². The summed E-state index contributed by atoms with van der Waals surface area (Å²) in [5.41, 5.74) is 1.87. The van der Waals surface area contributed by atoms with Crippen molar-refractivity contribution in [1.82, 2.24) is 15.5 Å². The van der Waals surface area contributed by atoms with Gasteiger partial charge in [-0.15, -0.1) is 24.0 Å². The quantitative estimate of drug-likeness (QED) is 0.300. The van der Waals surface area contributed by atoms with E-state index in [-0.39, 0.29) is 29.9 Å². The molecule has 1 heterocycles. The highest BCUT2D eigenvalue weighted by Gasteiger charge is 2.15. The van der Waals surface area contributed by atoms with Gasteiger partial charge in [0.05, 0.1) is 6.26 Å². The van der Waals surface area contributed by atoms with Crippen molar-refractivity contribution in [2.75, 3.05) is 27.2 Å². The molecule has 0 radical (unpaired) electrons. The van der Waals surface area contributed by atoms with Crippen molar-refractivity contribution in [3.05, 3.63) is 59.5 Å². The molecule has 6 nitrogen and oxygen atoms in total. The molecule has 0 aliphatic heterocycles. The van der Waals surface area contributed by atoms with Gasteiger partial charge in [-0.2, -0.15) is 0 Å². The van der Waals surface area contributed by atoms with E-state index in [1.807, 2.05) is 30.3 Å². The summed E-state index contributed by atoms with van der Waals surface area (Å²) in [6, 6.07) is 12.3. The van der Waals surface area contributed by atoms with Gasteiger partial charge in [-0.25, -0.2) is 0 Å². The number of carbonyl (C=O) groups excluding carboxylic acids is 1. The van der Waals surface area contributed by atoms with Gasteiger partial charge in [-0.3, -0.25) is 9.79 Å². The molecule has 3 rings (SSSR count). The van der Waals surface area contributed by atoms with Crippen molar-refractivity contribution in [3.8, 4) is 0 Å². The Labute approximate surface area is 202 Å². The minimum Gasteiger partial charge on any atom is -0.469 e. The van der Waals surface area contributed by atoms with Crippen LogP contribution in [0.5, 0.6) is 0 Å². The fourth-order valence-electron chi connectivity index (χ4n) is 3.77. The summed E-state index contributed by atoms with van der Waals surface area (Å²) in [5, 5.41) is 7.09. The molecule has 1 aromatic carbocycles. The molecule has 1 saturated carbocycles. The van der Waals surface area contributed by atoms with E-state index in [9.17, 15) is 4.79 Å². The van der Waals surface area contributed by atoms with Crippen LogP contribution >= 0.6 is 24.0 Å². The first kappa shape index (κ1) is 25.2. The van der Waals surface area contributed by atoms with Gasteiger partial charge < -0.3 is 20.0 Å². The SMILES string of the molecule is CN(C)C(=O)c1cccc(CCNC(=NCCc2ccco2)NC2CCCCC2)c1.I. The summed E-state index contributed by atoms with van der Waals surface area (Å²) in [5.74, 6) is 1.86. The van der Waals surface area contributed by atoms with Crippen LogP contribution in [-0.2, 0) is 12.8 Å². The maximum absolute atomic E-state index is 12.2. The molecule has 2 N–H and O–H groups in total. The molecule has 0 saturated heterocycles. The van der Waals surface area contributed by atoms with Crippen LogP contribution in [0.4, 0.5) is 0 Å². The fraction of sp³-hybridized carbons (Fsp3) is 0.500. The van der Waals surface area contributed by atoms with Gasteiger partial charge in [0.2, 0.25) is 0 Å². The van der Waals surface area contributed by atoms with E-state index in [1.165, 1.54) is 32.1 Å². The Hall–Kier alpha value is -2.03. The van der Waals surface area contributed by atoms with Crippen molar-refractivity contribution in [3.63, 3.8) is 0 Å². The Balaban J connectivity index is 0.00000341. The first-order valence-electron chi connectivity index (χ1n) is 11.0. The lowest BCUT2D eigenvalue weighted by Crippen LogP contribution is -2.45. The maximum atomic E-state index is 12.2. The molecular formula is C24H35IN4O2. The largest absolute Gasteiger partial charge is 0.469 e. The van der Waals surface area contributed by atoms with Crippen LogP contribution in [0, 0.1) is 0 Å². The number of hydrogen-bond donors (Lipinski definition) is 2. The highest BCUT2D eigenvalue weighted by atomic mass is 127. The molecule has 1 amide bonds. The third-order valence-electron chi connectivity index (χ3n) is 5.44. The van der Waals surface area contributed by atoms with Gasteiger partial charge in [-0.05, 0) is 49.1 Å². The van der Waals surface area contributed by atoms with E-state index >= 15 is 0 Å². The first-order chi connectivity index (χ1) is 14.6. The number of guanidine groups is 1. The highest BCUT2D eigenvalue weighted by Crippen LogP contribution is 2.17. The summed E-state index contributed by atoms with van der Waals surface area (Å²) >= 11 is 0. The van der Waals surface area contributed by atoms with Crippen LogP contribution in [0.25, 0.3) is 0 Å². The molecule has 0 bridgehead atoms. The number of hydrogen-bond acceptors (Lipinski definition) is 3. The van der Waals surface area contributed by atoms with E-state index in [4.69, 9.17) is 9.41 Å². The number of furan rings is 1. The Kier molecular flexibility index (Phi) is 10.9. The van der Waals surface area contributed by atoms with E-state index in [1.54, 1.807) is 25.3 Å². The molecule has 0 atom stereocenters.